The van der Waals surface area contributed by atoms with Crippen LogP contribution >= 0.6 is 35.3 Å². The van der Waals surface area contributed by atoms with Gasteiger partial charge in [-0.05, 0) is 77.1 Å². The van der Waals surface area contributed by atoms with Crippen molar-refractivity contribution < 1.29 is 14.2 Å². The van der Waals surface area contributed by atoms with Crippen molar-refractivity contribution in [3.63, 3.8) is 0 Å². The Morgan fingerprint density at radius 3 is 2.88 bits per heavy atom. The summed E-state index contributed by atoms with van der Waals surface area (Å²) in [4.78, 5) is 28.4. The standard InChI is InChI=1S/C24H22N4O3S3/c29-20(8-3-11-28-23(30)19(34-24(28)32)14-18-7-4-12-33-18)25-22-21(26-31-27-22)17-10-9-15-5-1-2-6-16(15)13-17/h4,7,9-10,12-14H,1-3,5-6,8,11H2,(H,25,27,29)/b19-14-. The molecule has 10 heteroatoms. The van der Waals surface area contributed by atoms with Crippen molar-refractivity contribution in [3.8, 4) is 11.3 Å². The molecule has 2 aliphatic rings. The number of rotatable bonds is 7. The molecule has 2 aromatic heterocycles. The summed E-state index contributed by atoms with van der Waals surface area (Å²) in [6.07, 6.45) is 7.11. The molecule has 0 saturated carbocycles. The van der Waals surface area contributed by atoms with E-state index in [1.54, 1.807) is 16.2 Å². The van der Waals surface area contributed by atoms with Crippen LogP contribution in [0.2, 0.25) is 0 Å². The number of carbonyl (C=O) groups is 2. The molecule has 1 aliphatic carbocycles. The number of anilines is 1. The molecule has 174 valence electrons. The van der Waals surface area contributed by atoms with Gasteiger partial charge >= 0.3 is 0 Å². The quantitative estimate of drug-likeness (QED) is 0.341. The van der Waals surface area contributed by atoms with E-state index in [-0.39, 0.29) is 18.2 Å². The van der Waals surface area contributed by atoms with Crippen LogP contribution in [0.5, 0.6) is 0 Å². The zero-order valence-electron chi connectivity index (χ0n) is 18.3. The number of thiocarbonyl (C=S) groups is 1. The van der Waals surface area contributed by atoms with Gasteiger partial charge in [-0.1, -0.05) is 42.2 Å². The molecular formula is C24H22N4O3S3. The lowest BCUT2D eigenvalue weighted by molar-refractivity contribution is -0.122. The topological polar surface area (TPSA) is 88.3 Å². The van der Waals surface area contributed by atoms with Crippen LogP contribution in [0, 0.1) is 0 Å². The van der Waals surface area contributed by atoms with E-state index in [2.05, 4.69) is 27.8 Å². The third kappa shape index (κ3) is 4.98. The Balaban J connectivity index is 1.17. The lowest BCUT2D eigenvalue weighted by Crippen LogP contribution is -2.29. The van der Waals surface area contributed by atoms with Gasteiger partial charge in [-0.3, -0.25) is 14.5 Å². The van der Waals surface area contributed by atoms with Gasteiger partial charge in [0.25, 0.3) is 5.91 Å². The number of thioether (sulfide) groups is 1. The van der Waals surface area contributed by atoms with Crippen LogP contribution in [-0.4, -0.2) is 37.9 Å². The highest BCUT2D eigenvalue weighted by Gasteiger charge is 2.31. The summed E-state index contributed by atoms with van der Waals surface area (Å²) in [5.41, 5.74) is 4.10. The first-order valence-electron chi connectivity index (χ1n) is 11.1. The lowest BCUT2D eigenvalue weighted by atomic mass is 9.90. The first kappa shape index (κ1) is 22.9. The summed E-state index contributed by atoms with van der Waals surface area (Å²) in [7, 11) is 0. The molecule has 0 spiro atoms. The highest BCUT2D eigenvalue weighted by Crippen LogP contribution is 2.33. The van der Waals surface area contributed by atoms with Gasteiger partial charge in [-0.15, -0.1) is 11.3 Å². The third-order valence-corrected chi connectivity index (χ3v) is 8.04. The maximum Gasteiger partial charge on any atom is 0.266 e. The number of amides is 2. The molecule has 1 aromatic carbocycles. The van der Waals surface area contributed by atoms with Gasteiger partial charge in [0.05, 0.1) is 4.91 Å². The first-order chi connectivity index (χ1) is 16.6. The van der Waals surface area contributed by atoms with Crippen LogP contribution in [-0.2, 0) is 22.4 Å². The largest absolute Gasteiger partial charge is 0.306 e. The minimum Gasteiger partial charge on any atom is -0.306 e. The Bertz CT molecular complexity index is 1270. The Morgan fingerprint density at radius 2 is 2.06 bits per heavy atom. The van der Waals surface area contributed by atoms with E-state index in [1.165, 1.54) is 35.7 Å². The van der Waals surface area contributed by atoms with E-state index in [9.17, 15) is 9.59 Å². The molecule has 2 amide bonds. The summed E-state index contributed by atoms with van der Waals surface area (Å²) in [6, 6.07) is 10.1. The second-order valence-electron chi connectivity index (χ2n) is 8.15. The Morgan fingerprint density at radius 1 is 1.21 bits per heavy atom. The average Bonchev–Trinajstić information content (AvgIpc) is 3.57. The molecule has 5 rings (SSSR count). The number of hydrogen-bond acceptors (Lipinski definition) is 8. The summed E-state index contributed by atoms with van der Waals surface area (Å²) in [5.74, 6) is -0.0149. The van der Waals surface area contributed by atoms with Crippen LogP contribution in [0.1, 0.15) is 41.7 Å². The van der Waals surface area contributed by atoms with Gasteiger partial charge in [-0.25, -0.2) is 4.63 Å². The van der Waals surface area contributed by atoms with E-state index in [0.29, 0.717) is 33.7 Å². The van der Waals surface area contributed by atoms with Crippen molar-refractivity contribution in [2.75, 3.05) is 11.9 Å². The van der Waals surface area contributed by atoms with Crippen molar-refractivity contribution in [3.05, 3.63) is 56.6 Å². The zero-order valence-corrected chi connectivity index (χ0v) is 20.7. The van der Waals surface area contributed by atoms with E-state index in [0.717, 1.165) is 23.3 Å². The fourth-order valence-corrected chi connectivity index (χ4v) is 6.16. The number of nitrogens with zero attached hydrogens (tertiary/aromatic N) is 3. The normalized spacial score (nSPS) is 16.8. The number of thiophene rings is 1. The van der Waals surface area contributed by atoms with Crippen molar-refractivity contribution in [1.29, 1.82) is 0 Å². The maximum atomic E-state index is 12.7. The van der Waals surface area contributed by atoms with E-state index in [4.69, 9.17) is 16.8 Å². The molecule has 34 heavy (non-hydrogen) atoms. The van der Waals surface area contributed by atoms with Crippen LogP contribution in [0.15, 0.2) is 45.2 Å². The van der Waals surface area contributed by atoms with Crippen molar-refractivity contribution in [2.45, 2.75) is 38.5 Å². The fourth-order valence-electron chi connectivity index (χ4n) is 4.13. The summed E-state index contributed by atoms with van der Waals surface area (Å²) < 4.78 is 5.44. The highest BCUT2D eigenvalue weighted by molar-refractivity contribution is 8.26. The smallest absolute Gasteiger partial charge is 0.266 e. The Hall–Kier alpha value is -2.82. The minimum absolute atomic E-state index is 0.112. The molecule has 0 radical (unpaired) electrons. The van der Waals surface area contributed by atoms with Gasteiger partial charge in [0.2, 0.25) is 11.7 Å². The second kappa shape index (κ2) is 10.2. The van der Waals surface area contributed by atoms with Gasteiger partial charge in [0.15, 0.2) is 5.69 Å². The maximum absolute atomic E-state index is 12.7. The molecule has 1 N–H and O–H groups in total. The lowest BCUT2D eigenvalue weighted by Gasteiger charge is -2.16. The molecule has 7 nitrogen and oxygen atoms in total. The van der Waals surface area contributed by atoms with Crippen LogP contribution < -0.4 is 5.32 Å². The Labute approximate surface area is 210 Å². The number of benzene rings is 1. The minimum atomic E-state index is -0.213. The predicted molar refractivity (Wildman–Crippen MR) is 138 cm³/mol. The van der Waals surface area contributed by atoms with Gasteiger partial charge in [0.1, 0.15) is 4.32 Å². The number of hydrogen-bond donors (Lipinski definition) is 1. The molecule has 0 bridgehead atoms. The SMILES string of the molecule is O=C(CCCN1C(=O)/C(=C/c2cccs2)SC1=S)Nc1nonc1-c1ccc2c(c1)CCCC2. The van der Waals surface area contributed by atoms with Crippen LogP contribution in [0.4, 0.5) is 5.82 Å². The number of nitrogens with one attached hydrogen (secondary N) is 1. The average molecular weight is 511 g/mol. The second-order valence-corrected chi connectivity index (χ2v) is 10.8. The number of fused-ring (bicyclic) bond motifs is 1. The molecule has 1 saturated heterocycles. The van der Waals surface area contributed by atoms with Gasteiger partial charge in [0, 0.05) is 23.4 Å². The number of aryl methyl sites for hydroxylation is 2. The molecule has 0 atom stereocenters. The molecule has 3 aromatic rings. The monoisotopic (exact) mass is 510 g/mol. The van der Waals surface area contributed by atoms with Crippen LogP contribution in [0.25, 0.3) is 17.3 Å². The van der Waals surface area contributed by atoms with Gasteiger partial charge in [-0.2, -0.15) is 0 Å². The molecule has 1 aliphatic heterocycles. The summed E-state index contributed by atoms with van der Waals surface area (Å²) in [6.45, 7) is 0.384. The molecule has 1 fully saturated rings. The Kier molecular flexibility index (Phi) is 6.89. The van der Waals surface area contributed by atoms with E-state index >= 15 is 0 Å². The van der Waals surface area contributed by atoms with E-state index in [1.807, 2.05) is 29.7 Å². The van der Waals surface area contributed by atoms with Crippen molar-refractivity contribution in [2.24, 2.45) is 0 Å². The summed E-state index contributed by atoms with van der Waals surface area (Å²) in [5, 5.41) is 12.7. The van der Waals surface area contributed by atoms with Crippen molar-refractivity contribution in [1.82, 2.24) is 15.2 Å². The summed E-state index contributed by atoms with van der Waals surface area (Å²) >= 11 is 8.24. The highest BCUT2D eigenvalue weighted by atomic mass is 32.2. The number of carbonyl (C=O) groups excluding carboxylic acids is 2. The third-order valence-electron chi connectivity index (χ3n) is 5.84. The van der Waals surface area contributed by atoms with Gasteiger partial charge < -0.3 is 5.32 Å². The van der Waals surface area contributed by atoms with Crippen molar-refractivity contribution >= 4 is 63.3 Å². The number of aromatic nitrogens is 2. The first-order valence-corrected chi connectivity index (χ1v) is 13.2. The molecule has 3 heterocycles. The van der Waals surface area contributed by atoms with Crippen LogP contribution in [0.3, 0.4) is 0 Å². The van der Waals surface area contributed by atoms with E-state index < -0.39 is 0 Å². The predicted octanol–water partition coefficient (Wildman–Crippen LogP) is 5.30. The molecule has 0 unspecified atom stereocenters. The fraction of sp³-hybridized carbons (Fsp3) is 0.292. The molecular weight excluding hydrogens is 488 g/mol. The zero-order chi connectivity index (χ0) is 23.5.